The Bertz CT molecular complexity index is 1290. The summed E-state index contributed by atoms with van der Waals surface area (Å²) in [7, 11) is 0. The highest BCUT2D eigenvalue weighted by atomic mass is 19.1. The Morgan fingerprint density at radius 1 is 1.17 bits per heavy atom. The molecule has 0 radical (unpaired) electrons. The van der Waals surface area contributed by atoms with E-state index < -0.39 is 5.97 Å². The molecule has 3 atom stereocenters. The maximum Gasteiger partial charge on any atom is 0.354 e. The summed E-state index contributed by atoms with van der Waals surface area (Å²) in [6.45, 7) is 4.00. The van der Waals surface area contributed by atoms with Crippen molar-refractivity contribution >= 4 is 11.9 Å². The average Bonchev–Trinajstić information content (AvgIpc) is 3.54. The second kappa shape index (κ2) is 8.96. The molecule has 1 saturated carbocycles. The quantitative estimate of drug-likeness (QED) is 0.481. The molecule has 4 heterocycles. The number of carboxylic acid groups (broad SMARTS) is 1. The highest BCUT2D eigenvalue weighted by Gasteiger charge is 2.43. The molecule has 6 rings (SSSR count). The van der Waals surface area contributed by atoms with Crippen LogP contribution in [0.2, 0.25) is 0 Å². The molecule has 0 amide bonds. The molecule has 3 fully saturated rings. The summed E-state index contributed by atoms with van der Waals surface area (Å²) < 4.78 is 27.0. The predicted molar refractivity (Wildman–Crippen MR) is 129 cm³/mol. The highest BCUT2D eigenvalue weighted by molar-refractivity contribution is 5.85. The first-order chi connectivity index (χ1) is 17.4. The summed E-state index contributed by atoms with van der Waals surface area (Å²) >= 11 is 0. The first kappa shape index (κ1) is 23.1. The fourth-order valence-electron chi connectivity index (χ4n) is 5.82. The van der Waals surface area contributed by atoms with Crippen molar-refractivity contribution in [1.29, 1.82) is 0 Å². The van der Waals surface area contributed by atoms with E-state index in [9.17, 15) is 14.3 Å². The number of anilines is 1. The second-order valence-corrected chi connectivity index (χ2v) is 10.3. The van der Waals surface area contributed by atoms with Crippen LogP contribution in [-0.4, -0.2) is 44.4 Å². The van der Waals surface area contributed by atoms with E-state index in [4.69, 9.17) is 9.26 Å². The van der Waals surface area contributed by atoms with Crippen LogP contribution < -0.4 is 4.90 Å². The molecule has 1 aromatic carbocycles. The van der Waals surface area contributed by atoms with Gasteiger partial charge in [-0.1, -0.05) is 17.3 Å². The summed E-state index contributed by atoms with van der Waals surface area (Å²) in [5, 5.41) is 13.7. The second-order valence-electron chi connectivity index (χ2n) is 10.3. The number of aryl methyl sites for hydroxylation is 2. The molecule has 2 saturated heterocycles. The standard InChI is InChI=1S/C27H29FN4O4/c1-14-4-3-5-21(28)23(14)24-20(25(36-31-24)16-6-7-16)13-35-19-11-17-8-9-18(12-19)32(17)27-29-15(2)10-22(30-27)26(33)34/h3-5,10,16-19H,6-9,11-13H2,1-2H3,(H,33,34)/t17-,18+,19+. The molecule has 1 aliphatic carbocycles. The first-order valence-corrected chi connectivity index (χ1v) is 12.6. The zero-order valence-corrected chi connectivity index (χ0v) is 20.4. The van der Waals surface area contributed by atoms with Crippen molar-refractivity contribution < 1.29 is 23.6 Å². The number of carboxylic acids is 1. The van der Waals surface area contributed by atoms with E-state index >= 15 is 0 Å². The summed E-state index contributed by atoms with van der Waals surface area (Å²) in [6, 6.07) is 6.91. The Morgan fingerprint density at radius 3 is 2.58 bits per heavy atom. The van der Waals surface area contributed by atoms with E-state index in [1.165, 1.54) is 12.1 Å². The molecule has 36 heavy (non-hydrogen) atoms. The van der Waals surface area contributed by atoms with Gasteiger partial charge in [-0.3, -0.25) is 0 Å². The third-order valence-corrected chi connectivity index (χ3v) is 7.67. The van der Waals surface area contributed by atoms with E-state index in [2.05, 4.69) is 20.0 Å². The van der Waals surface area contributed by atoms with Crippen molar-refractivity contribution in [3.8, 4) is 11.3 Å². The van der Waals surface area contributed by atoms with Crippen molar-refractivity contribution in [2.45, 2.75) is 83.1 Å². The number of hydrogen-bond donors (Lipinski definition) is 1. The number of rotatable bonds is 7. The maximum absolute atomic E-state index is 14.8. The summed E-state index contributed by atoms with van der Waals surface area (Å²) in [6.07, 6.45) is 5.71. The third kappa shape index (κ3) is 4.15. The Balaban J connectivity index is 1.21. The number of halogens is 1. The molecule has 2 bridgehead atoms. The minimum Gasteiger partial charge on any atom is -0.477 e. The van der Waals surface area contributed by atoms with Crippen molar-refractivity contribution in [3.05, 3.63) is 58.4 Å². The predicted octanol–water partition coefficient (Wildman–Crippen LogP) is 5.18. The van der Waals surface area contributed by atoms with Gasteiger partial charge < -0.3 is 19.3 Å². The van der Waals surface area contributed by atoms with E-state index in [0.717, 1.165) is 55.4 Å². The molecule has 3 aliphatic rings. The molecule has 188 valence electrons. The molecule has 2 aliphatic heterocycles. The zero-order chi connectivity index (χ0) is 25.0. The van der Waals surface area contributed by atoms with E-state index in [1.807, 2.05) is 13.0 Å². The topological polar surface area (TPSA) is 102 Å². The van der Waals surface area contributed by atoms with Crippen LogP contribution in [-0.2, 0) is 11.3 Å². The van der Waals surface area contributed by atoms with Crippen LogP contribution in [0, 0.1) is 19.7 Å². The van der Waals surface area contributed by atoms with Crippen molar-refractivity contribution in [2.24, 2.45) is 0 Å². The zero-order valence-electron chi connectivity index (χ0n) is 20.4. The molecular weight excluding hydrogens is 463 g/mol. The monoisotopic (exact) mass is 492 g/mol. The van der Waals surface area contributed by atoms with Gasteiger partial charge in [0.05, 0.1) is 12.7 Å². The van der Waals surface area contributed by atoms with Gasteiger partial charge in [-0.2, -0.15) is 0 Å². The minimum absolute atomic E-state index is 0.0197. The molecule has 8 nitrogen and oxygen atoms in total. The van der Waals surface area contributed by atoms with Crippen LogP contribution >= 0.6 is 0 Å². The Labute approximate surface area is 208 Å². The summed E-state index contributed by atoms with van der Waals surface area (Å²) in [5.74, 6) is 0.288. The fraction of sp³-hybridized carbons (Fsp3) is 0.481. The van der Waals surface area contributed by atoms with Crippen LogP contribution in [0.3, 0.4) is 0 Å². The lowest BCUT2D eigenvalue weighted by atomic mass is 9.98. The molecule has 1 N–H and O–H groups in total. The van der Waals surface area contributed by atoms with Gasteiger partial charge in [0, 0.05) is 34.8 Å². The van der Waals surface area contributed by atoms with Gasteiger partial charge in [-0.15, -0.1) is 0 Å². The van der Waals surface area contributed by atoms with Gasteiger partial charge in [-0.25, -0.2) is 19.2 Å². The number of aromatic carboxylic acids is 1. The van der Waals surface area contributed by atoms with Crippen molar-refractivity contribution in [2.75, 3.05) is 4.90 Å². The van der Waals surface area contributed by atoms with Gasteiger partial charge in [0.1, 0.15) is 17.3 Å². The lowest BCUT2D eigenvalue weighted by Crippen LogP contribution is -2.46. The molecule has 0 spiro atoms. The smallest absolute Gasteiger partial charge is 0.354 e. The van der Waals surface area contributed by atoms with Crippen molar-refractivity contribution in [3.63, 3.8) is 0 Å². The van der Waals surface area contributed by atoms with Crippen LogP contribution in [0.4, 0.5) is 10.3 Å². The number of piperidine rings is 1. The van der Waals surface area contributed by atoms with E-state index in [-0.39, 0.29) is 29.7 Å². The minimum atomic E-state index is -1.05. The number of hydrogen-bond acceptors (Lipinski definition) is 7. The normalized spacial score (nSPS) is 23.3. The Hall–Kier alpha value is -3.33. The Kier molecular flexibility index (Phi) is 5.75. The summed E-state index contributed by atoms with van der Waals surface area (Å²) in [5.41, 5.74) is 3.36. The summed E-state index contributed by atoms with van der Waals surface area (Å²) in [4.78, 5) is 22.6. The van der Waals surface area contributed by atoms with Crippen molar-refractivity contribution in [1.82, 2.24) is 15.1 Å². The fourth-order valence-corrected chi connectivity index (χ4v) is 5.82. The number of aromatic nitrogens is 3. The van der Waals surface area contributed by atoms with Crippen LogP contribution in [0.15, 0.2) is 28.8 Å². The average molecular weight is 493 g/mol. The number of benzene rings is 1. The Morgan fingerprint density at radius 2 is 1.92 bits per heavy atom. The highest BCUT2D eigenvalue weighted by Crippen LogP contribution is 2.45. The third-order valence-electron chi connectivity index (χ3n) is 7.67. The molecule has 2 aromatic heterocycles. The number of fused-ring (bicyclic) bond motifs is 2. The van der Waals surface area contributed by atoms with Gasteiger partial charge in [0.15, 0.2) is 5.69 Å². The van der Waals surface area contributed by atoms with Gasteiger partial charge >= 0.3 is 5.97 Å². The van der Waals surface area contributed by atoms with E-state index in [1.54, 1.807) is 13.0 Å². The van der Waals surface area contributed by atoms with Gasteiger partial charge in [0.25, 0.3) is 0 Å². The number of ether oxygens (including phenoxy) is 1. The number of nitrogens with zero attached hydrogens (tertiary/aromatic N) is 4. The number of carbonyl (C=O) groups is 1. The van der Waals surface area contributed by atoms with Crippen LogP contribution in [0.1, 0.15) is 77.5 Å². The lowest BCUT2D eigenvalue weighted by Gasteiger charge is -2.39. The van der Waals surface area contributed by atoms with Crippen LogP contribution in [0.5, 0.6) is 0 Å². The lowest BCUT2D eigenvalue weighted by molar-refractivity contribution is 0.0144. The van der Waals surface area contributed by atoms with E-state index in [0.29, 0.717) is 35.4 Å². The molecule has 9 heteroatoms. The first-order valence-electron chi connectivity index (χ1n) is 12.6. The SMILES string of the molecule is Cc1cc(C(=O)O)nc(N2[C@@H]3CC[C@H]2C[C@@H](OCc2c(-c4c(C)cccc4F)noc2C2CC2)C3)n1. The molecular formula is C27H29FN4O4. The van der Waals surface area contributed by atoms with Gasteiger partial charge in [0.2, 0.25) is 5.95 Å². The largest absolute Gasteiger partial charge is 0.477 e. The van der Waals surface area contributed by atoms with Gasteiger partial charge in [-0.05, 0) is 70.1 Å². The molecule has 0 unspecified atom stereocenters. The van der Waals surface area contributed by atoms with Crippen LogP contribution in [0.25, 0.3) is 11.3 Å². The maximum atomic E-state index is 14.8. The molecule has 3 aromatic rings.